The monoisotopic (exact) mass is 410 g/mol. The standard InChI is InChI=1S/C18H23ClN4O5/c1-3-4-6-22-7-5-11(10-22)23-18(26)28-16(21-23)12-8-13(19)14(20-17(24)25)9-15(12)27-2/h8-9,11,20H,3-7,10H2,1-2H3,(H,24,25). The van der Waals surface area contributed by atoms with Gasteiger partial charge in [-0.25, -0.2) is 9.59 Å². The van der Waals surface area contributed by atoms with Crippen molar-refractivity contribution in [2.45, 2.75) is 32.2 Å². The minimum Gasteiger partial charge on any atom is -0.496 e. The van der Waals surface area contributed by atoms with Crippen LogP contribution in [0.3, 0.4) is 0 Å². The number of nitrogens with one attached hydrogen (secondary N) is 1. The molecule has 0 radical (unpaired) electrons. The molecule has 152 valence electrons. The van der Waals surface area contributed by atoms with Gasteiger partial charge in [-0.15, -0.1) is 5.10 Å². The van der Waals surface area contributed by atoms with Crippen LogP contribution in [0.1, 0.15) is 32.2 Å². The van der Waals surface area contributed by atoms with Gasteiger partial charge in [-0.05, 0) is 25.5 Å². The first kappa shape index (κ1) is 20.2. The molecule has 28 heavy (non-hydrogen) atoms. The van der Waals surface area contributed by atoms with E-state index < -0.39 is 11.8 Å². The number of halogens is 1. The number of nitrogens with zero attached hydrogens (tertiary/aromatic N) is 3. The molecule has 1 unspecified atom stereocenters. The molecule has 2 N–H and O–H groups in total. The smallest absolute Gasteiger partial charge is 0.437 e. The highest BCUT2D eigenvalue weighted by atomic mass is 35.5. The van der Waals surface area contributed by atoms with Crippen LogP contribution in [-0.4, -0.2) is 52.6 Å². The highest BCUT2D eigenvalue weighted by Gasteiger charge is 2.28. The number of rotatable bonds is 7. The average Bonchev–Trinajstić information content (AvgIpc) is 3.27. The molecule has 1 atom stereocenters. The van der Waals surface area contributed by atoms with Crippen LogP contribution in [0, 0.1) is 0 Å². The van der Waals surface area contributed by atoms with Crippen molar-refractivity contribution in [2.75, 3.05) is 32.1 Å². The van der Waals surface area contributed by atoms with Gasteiger partial charge in [-0.3, -0.25) is 5.32 Å². The van der Waals surface area contributed by atoms with Gasteiger partial charge < -0.3 is 19.2 Å². The van der Waals surface area contributed by atoms with Crippen LogP contribution in [0.15, 0.2) is 21.3 Å². The maximum atomic E-state index is 12.4. The topological polar surface area (TPSA) is 110 Å². The number of methoxy groups -OCH3 is 1. The molecule has 2 aromatic rings. The first-order valence-corrected chi connectivity index (χ1v) is 9.50. The summed E-state index contributed by atoms with van der Waals surface area (Å²) in [5.74, 6) is -0.168. The van der Waals surface area contributed by atoms with E-state index in [2.05, 4.69) is 22.2 Å². The molecule has 1 fully saturated rings. The number of anilines is 1. The van der Waals surface area contributed by atoms with E-state index in [-0.39, 0.29) is 28.4 Å². The lowest BCUT2D eigenvalue weighted by molar-refractivity contribution is 0.209. The highest BCUT2D eigenvalue weighted by molar-refractivity contribution is 6.34. The zero-order valence-corrected chi connectivity index (χ0v) is 16.5. The summed E-state index contributed by atoms with van der Waals surface area (Å²) in [6.45, 7) is 4.83. The quantitative estimate of drug-likeness (QED) is 0.720. The second kappa shape index (κ2) is 8.66. The molecular weight excluding hydrogens is 388 g/mol. The van der Waals surface area contributed by atoms with E-state index in [1.165, 1.54) is 23.9 Å². The molecule has 1 aromatic heterocycles. The van der Waals surface area contributed by atoms with E-state index in [1.54, 1.807) is 0 Å². The number of hydrogen-bond donors (Lipinski definition) is 2. The van der Waals surface area contributed by atoms with Crippen molar-refractivity contribution in [3.05, 3.63) is 27.7 Å². The van der Waals surface area contributed by atoms with Crippen molar-refractivity contribution in [3.8, 4) is 17.2 Å². The number of ether oxygens (including phenoxy) is 1. The molecule has 3 rings (SSSR count). The fourth-order valence-electron chi connectivity index (χ4n) is 3.33. The predicted molar refractivity (Wildman–Crippen MR) is 104 cm³/mol. The summed E-state index contributed by atoms with van der Waals surface area (Å²) in [5.41, 5.74) is 0.541. The molecule has 2 heterocycles. The van der Waals surface area contributed by atoms with Crippen LogP contribution in [-0.2, 0) is 0 Å². The van der Waals surface area contributed by atoms with E-state index in [0.29, 0.717) is 5.56 Å². The lowest BCUT2D eigenvalue weighted by Gasteiger charge is -2.14. The third kappa shape index (κ3) is 4.31. The fraction of sp³-hybridized carbons (Fsp3) is 0.500. The van der Waals surface area contributed by atoms with Gasteiger partial charge in [0, 0.05) is 19.2 Å². The molecule has 1 saturated heterocycles. The Morgan fingerprint density at radius 1 is 1.50 bits per heavy atom. The Hall–Kier alpha value is -2.52. The Morgan fingerprint density at radius 3 is 2.96 bits per heavy atom. The molecule has 0 aliphatic carbocycles. The summed E-state index contributed by atoms with van der Waals surface area (Å²) in [4.78, 5) is 25.6. The van der Waals surface area contributed by atoms with Crippen LogP contribution in [0.4, 0.5) is 10.5 Å². The second-order valence-electron chi connectivity index (χ2n) is 6.68. The van der Waals surface area contributed by atoms with Gasteiger partial charge in [0.25, 0.3) is 5.89 Å². The van der Waals surface area contributed by atoms with Crippen molar-refractivity contribution in [3.63, 3.8) is 0 Å². The van der Waals surface area contributed by atoms with Gasteiger partial charge in [0.2, 0.25) is 0 Å². The zero-order chi connectivity index (χ0) is 20.3. The lowest BCUT2D eigenvalue weighted by Crippen LogP contribution is -2.26. The summed E-state index contributed by atoms with van der Waals surface area (Å²) >= 11 is 6.15. The molecule has 1 aliphatic heterocycles. The number of carbonyl (C=O) groups is 1. The van der Waals surface area contributed by atoms with Gasteiger partial charge in [0.15, 0.2) is 0 Å². The van der Waals surface area contributed by atoms with Crippen molar-refractivity contribution in [2.24, 2.45) is 0 Å². The van der Waals surface area contributed by atoms with E-state index in [9.17, 15) is 9.59 Å². The number of unbranched alkanes of at least 4 members (excludes halogenated alkanes) is 1. The summed E-state index contributed by atoms with van der Waals surface area (Å²) in [6.07, 6.45) is 1.83. The van der Waals surface area contributed by atoms with Gasteiger partial charge in [-0.2, -0.15) is 4.68 Å². The minimum atomic E-state index is -1.25. The van der Waals surface area contributed by atoms with Crippen molar-refractivity contribution in [1.82, 2.24) is 14.7 Å². The maximum Gasteiger partial charge on any atom is 0.437 e. The van der Waals surface area contributed by atoms with Crippen LogP contribution in [0.2, 0.25) is 5.02 Å². The molecule has 0 bridgehead atoms. The molecule has 1 amide bonds. The summed E-state index contributed by atoms with van der Waals surface area (Å²) in [7, 11) is 1.43. The fourth-order valence-corrected chi connectivity index (χ4v) is 3.54. The molecule has 0 spiro atoms. The first-order chi connectivity index (χ1) is 13.4. The van der Waals surface area contributed by atoms with Gasteiger partial charge >= 0.3 is 11.8 Å². The molecular formula is C18H23ClN4O5. The largest absolute Gasteiger partial charge is 0.496 e. The third-order valence-corrected chi connectivity index (χ3v) is 5.06. The van der Waals surface area contributed by atoms with Crippen LogP contribution < -0.4 is 15.8 Å². The van der Waals surface area contributed by atoms with Gasteiger partial charge in [-0.1, -0.05) is 24.9 Å². The molecule has 10 heteroatoms. The highest BCUT2D eigenvalue weighted by Crippen LogP contribution is 2.36. The number of aromatic nitrogens is 2. The Morgan fingerprint density at radius 2 is 2.29 bits per heavy atom. The Bertz CT molecular complexity index is 910. The Kier molecular flexibility index (Phi) is 6.25. The molecule has 0 saturated carbocycles. The third-order valence-electron chi connectivity index (χ3n) is 4.75. The maximum absolute atomic E-state index is 12.4. The van der Waals surface area contributed by atoms with E-state index >= 15 is 0 Å². The van der Waals surface area contributed by atoms with E-state index in [1.807, 2.05) is 0 Å². The average molecular weight is 411 g/mol. The Labute approximate surface area is 166 Å². The SMILES string of the molecule is CCCCN1CCC(n2nc(-c3cc(Cl)c(NC(=O)O)cc3OC)oc2=O)C1. The van der Waals surface area contributed by atoms with E-state index in [4.69, 9.17) is 25.9 Å². The number of amides is 1. The lowest BCUT2D eigenvalue weighted by atomic mass is 10.1. The van der Waals surface area contributed by atoms with Crippen molar-refractivity contribution >= 4 is 23.4 Å². The zero-order valence-electron chi connectivity index (χ0n) is 15.8. The van der Waals surface area contributed by atoms with Gasteiger partial charge in [0.1, 0.15) is 5.75 Å². The van der Waals surface area contributed by atoms with Crippen LogP contribution >= 0.6 is 11.6 Å². The van der Waals surface area contributed by atoms with Gasteiger partial charge in [0.05, 0.1) is 29.4 Å². The van der Waals surface area contributed by atoms with Crippen molar-refractivity contribution < 1.29 is 19.1 Å². The van der Waals surface area contributed by atoms with Crippen LogP contribution in [0.25, 0.3) is 11.5 Å². The Balaban J connectivity index is 1.88. The molecule has 9 nitrogen and oxygen atoms in total. The molecule has 1 aliphatic rings. The summed E-state index contributed by atoms with van der Waals surface area (Å²) in [6, 6.07) is 2.84. The summed E-state index contributed by atoms with van der Waals surface area (Å²) < 4.78 is 12.0. The number of carboxylic acid groups (broad SMARTS) is 1. The first-order valence-electron chi connectivity index (χ1n) is 9.12. The molecule has 1 aromatic carbocycles. The number of hydrogen-bond acceptors (Lipinski definition) is 6. The second-order valence-corrected chi connectivity index (χ2v) is 7.08. The van der Waals surface area contributed by atoms with E-state index in [0.717, 1.165) is 38.9 Å². The summed E-state index contributed by atoms with van der Waals surface area (Å²) in [5, 5.41) is 15.6. The number of benzene rings is 1. The number of likely N-dealkylation sites (tertiary alicyclic amines) is 1. The van der Waals surface area contributed by atoms with Crippen molar-refractivity contribution in [1.29, 1.82) is 0 Å². The normalized spacial score (nSPS) is 17.0. The predicted octanol–water partition coefficient (Wildman–Crippen LogP) is 3.30. The minimum absolute atomic E-state index is 0.0451. The van der Waals surface area contributed by atoms with Crippen LogP contribution in [0.5, 0.6) is 5.75 Å².